The average Bonchev–Trinajstić information content (AvgIpc) is 3.31. The second-order valence-corrected chi connectivity index (χ2v) is 8.31. The van der Waals surface area contributed by atoms with Crippen LogP contribution in [-0.2, 0) is 17.9 Å². The van der Waals surface area contributed by atoms with Crippen LogP contribution < -0.4 is 5.32 Å². The molecule has 1 aromatic carbocycles. The number of nitrogens with zero attached hydrogens (tertiary/aromatic N) is 3. The number of hydrogen-bond donors (Lipinski definition) is 1. The van der Waals surface area contributed by atoms with Crippen molar-refractivity contribution in [1.29, 1.82) is 0 Å². The van der Waals surface area contributed by atoms with Crippen molar-refractivity contribution in [2.45, 2.75) is 51.6 Å². The highest BCUT2D eigenvalue weighted by Gasteiger charge is 2.35. The second-order valence-electron chi connectivity index (χ2n) is 8.31. The molecule has 5 nitrogen and oxygen atoms in total. The van der Waals surface area contributed by atoms with Crippen LogP contribution >= 0.6 is 24.0 Å². The maximum absolute atomic E-state index is 12.5. The smallest absolute Gasteiger partial charge is 0.223 e. The molecule has 1 N–H and O–H groups in total. The van der Waals surface area contributed by atoms with E-state index in [9.17, 15) is 4.79 Å². The molecule has 3 aliphatic rings. The van der Waals surface area contributed by atoms with Crippen molar-refractivity contribution in [3.8, 4) is 0 Å². The normalized spacial score (nSPS) is 23.8. The van der Waals surface area contributed by atoms with Crippen LogP contribution in [0.5, 0.6) is 0 Å². The Morgan fingerprint density at radius 1 is 1.07 bits per heavy atom. The number of aliphatic imine (C=N–C) groups is 1. The van der Waals surface area contributed by atoms with Crippen LogP contribution in [0.2, 0.25) is 0 Å². The van der Waals surface area contributed by atoms with Crippen LogP contribution in [0.1, 0.15) is 49.7 Å². The minimum Gasteiger partial charge on any atom is -0.356 e. The number of amides is 1. The van der Waals surface area contributed by atoms with Gasteiger partial charge >= 0.3 is 0 Å². The van der Waals surface area contributed by atoms with Crippen molar-refractivity contribution in [1.82, 2.24) is 15.1 Å². The van der Waals surface area contributed by atoms with Crippen molar-refractivity contribution in [3.63, 3.8) is 0 Å². The maximum Gasteiger partial charge on any atom is 0.223 e. The monoisotopic (exact) mass is 496 g/mol. The van der Waals surface area contributed by atoms with Gasteiger partial charge in [-0.05, 0) is 42.2 Å². The van der Waals surface area contributed by atoms with Gasteiger partial charge in [0.2, 0.25) is 5.91 Å². The van der Waals surface area contributed by atoms with Gasteiger partial charge in [-0.25, -0.2) is 0 Å². The number of carbonyl (C=O) groups is 1. The van der Waals surface area contributed by atoms with E-state index in [-0.39, 0.29) is 29.9 Å². The summed E-state index contributed by atoms with van der Waals surface area (Å²) in [7, 11) is 1.87. The van der Waals surface area contributed by atoms with Crippen LogP contribution in [0.25, 0.3) is 0 Å². The SMILES string of the molecule is CN=C(NCCCC(=O)N1Cc2ccccc2C1)N1CC2CCCCC2C1.I. The fourth-order valence-electron chi connectivity index (χ4n) is 5.02. The Hall–Kier alpha value is -1.31. The highest BCUT2D eigenvalue weighted by Crippen LogP contribution is 2.35. The lowest BCUT2D eigenvalue weighted by Crippen LogP contribution is -2.40. The van der Waals surface area contributed by atoms with Gasteiger partial charge < -0.3 is 15.1 Å². The summed E-state index contributed by atoms with van der Waals surface area (Å²) in [6, 6.07) is 8.36. The summed E-state index contributed by atoms with van der Waals surface area (Å²) >= 11 is 0. The number of likely N-dealkylation sites (tertiary alicyclic amines) is 1. The molecule has 154 valence electrons. The van der Waals surface area contributed by atoms with E-state index >= 15 is 0 Å². The number of halogens is 1. The van der Waals surface area contributed by atoms with Gasteiger partial charge in [0, 0.05) is 46.2 Å². The molecule has 1 saturated heterocycles. The van der Waals surface area contributed by atoms with Gasteiger partial charge in [-0.3, -0.25) is 9.79 Å². The quantitative estimate of drug-likeness (QED) is 0.300. The van der Waals surface area contributed by atoms with E-state index in [0.29, 0.717) is 6.42 Å². The fourth-order valence-corrected chi connectivity index (χ4v) is 5.02. The van der Waals surface area contributed by atoms with E-state index in [4.69, 9.17) is 0 Å². The van der Waals surface area contributed by atoms with Crippen molar-refractivity contribution in [2.24, 2.45) is 16.8 Å². The first kappa shape index (κ1) is 21.4. The molecule has 1 saturated carbocycles. The molecule has 2 heterocycles. The maximum atomic E-state index is 12.5. The predicted molar refractivity (Wildman–Crippen MR) is 124 cm³/mol. The number of carbonyl (C=O) groups excluding carboxylic acids is 1. The third-order valence-electron chi connectivity index (χ3n) is 6.53. The Balaban J connectivity index is 0.00000225. The fraction of sp³-hybridized carbons (Fsp3) is 0.636. The first-order chi connectivity index (χ1) is 13.2. The van der Waals surface area contributed by atoms with Crippen molar-refractivity contribution < 1.29 is 4.79 Å². The van der Waals surface area contributed by atoms with Crippen LogP contribution in [0.3, 0.4) is 0 Å². The molecule has 2 atom stereocenters. The molecule has 2 aliphatic heterocycles. The molecular formula is C22H33IN4O. The zero-order chi connectivity index (χ0) is 18.6. The highest BCUT2D eigenvalue weighted by atomic mass is 127. The standard InChI is InChI=1S/C22H32N4O.HI/c1-23-22(26-15-19-9-4-5-10-20(19)16-26)24-12-6-11-21(27)25-13-17-7-2-3-8-18(17)14-25;/h2-3,7-8,19-20H,4-6,9-16H2,1H3,(H,23,24);1H. The molecule has 0 spiro atoms. The first-order valence-corrected chi connectivity index (χ1v) is 10.5. The highest BCUT2D eigenvalue weighted by molar-refractivity contribution is 14.0. The van der Waals surface area contributed by atoms with Crippen LogP contribution in [0.15, 0.2) is 29.3 Å². The van der Waals surface area contributed by atoms with Gasteiger partial charge in [0.25, 0.3) is 0 Å². The molecule has 0 radical (unpaired) electrons. The Bertz CT molecular complexity index is 669. The van der Waals surface area contributed by atoms with Crippen molar-refractivity contribution >= 4 is 35.8 Å². The summed E-state index contributed by atoms with van der Waals surface area (Å²) < 4.78 is 0. The lowest BCUT2D eigenvalue weighted by atomic mass is 9.82. The van der Waals surface area contributed by atoms with Gasteiger partial charge in [-0.1, -0.05) is 37.1 Å². The lowest BCUT2D eigenvalue weighted by molar-refractivity contribution is -0.131. The molecule has 1 aliphatic carbocycles. The zero-order valence-electron chi connectivity index (χ0n) is 16.9. The number of hydrogen-bond acceptors (Lipinski definition) is 2. The summed E-state index contributed by atoms with van der Waals surface area (Å²) in [5, 5.41) is 3.49. The van der Waals surface area contributed by atoms with Crippen LogP contribution in [0, 0.1) is 11.8 Å². The molecule has 1 amide bonds. The molecule has 4 rings (SSSR count). The Morgan fingerprint density at radius 3 is 2.25 bits per heavy atom. The van der Waals surface area contributed by atoms with Crippen LogP contribution in [0.4, 0.5) is 0 Å². The number of guanidine groups is 1. The number of rotatable bonds is 4. The van der Waals surface area contributed by atoms with Gasteiger partial charge in [0.15, 0.2) is 5.96 Å². The van der Waals surface area contributed by atoms with E-state index in [1.165, 1.54) is 36.8 Å². The minimum absolute atomic E-state index is 0. The van der Waals surface area contributed by atoms with E-state index in [0.717, 1.165) is 56.9 Å². The molecule has 6 heteroatoms. The lowest BCUT2D eigenvalue weighted by Gasteiger charge is -2.22. The summed E-state index contributed by atoms with van der Waals surface area (Å²) in [6.45, 7) is 4.64. The van der Waals surface area contributed by atoms with E-state index in [2.05, 4.69) is 39.5 Å². The number of fused-ring (bicyclic) bond motifs is 2. The largest absolute Gasteiger partial charge is 0.356 e. The third kappa shape index (κ3) is 4.81. The van der Waals surface area contributed by atoms with E-state index < -0.39 is 0 Å². The average molecular weight is 496 g/mol. The molecular weight excluding hydrogens is 463 g/mol. The summed E-state index contributed by atoms with van der Waals surface area (Å²) in [5.74, 6) is 2.99. The minimum atomic E-state index is 0. The van der Waals surface area contributed by atoms with Gasteiger partial charge in [-0.15, -0.1) is 24.0 Å². The zero-order valence-corrected chi connectivity index (χ0v) is 19.2. The summed E-state index contributed by atoms with van der Waals surface area (Å²) in [6.07, 6.45) is 7.00. The molecule has 0 aromatic heterocycles. The third-order valence-corrected chi connectivity index (χ3v) is 6.53. The molecule has 2 fully saturated rings. The Kier molecular flexibility index (Phi) is 7.60. The van der Waals surface area contributed by atoms with Gasteiger partial charge in [0.05, 0.1) is 0 Å². The topological polar surface area (TPSA) is 47.9 Å². The van der Waals surface area contributed by atoms with E-state index in [1.807, 2.05) is 11.9 Å². The Labute approximate surface area is 186 Å². The molecule has 1 aromatic rings. The number of benzene rings is 1. The van der Waals surface area contributed by atoms with Crippen LogP contribution in [-0.4, -0.2) is 48.3 Å². The number of nitrogens with one attached hydrogen (secondary N) is 1. The van der Waals surface area contributed by atoms with Crippen molar-refractivity contribution in [3.05, 3.63) is 35.4 Å². The second kappa shape index (κ2) is 9.94. The van der Waals surface area contributed by atoms with E-state index in [1.54, 1.807) is 0 Å². The van der Waals surface area contributed by atoms with Crippen molar-refractivity contribution in [2.75, 3.05) is 26.7 Å². The van der Waals surface area contributed by atoms with Gasteiger partial charge in [-0.2, -0.15) is 0 Å². The predicted octanol–water partition coefficient (Wildman–Crippen LogP) is 3.62. The Morgan fingerprint density at radius 2 is 1.68 bits per heavy atom. The van der Waals surface area contributed by atoms with Gasteiger partial charge in [0.1, 0.15) is 0 Å². The summed E-state index contributed by atoms with van der Waals surface area (Å²) in [4.78, 5) is 21.4. The first-order valence-electron chi connectivity index (χ1n) is 10.5. The molecule has 2 unspecified atom stereocenters. The molecule has 0 bridgehead atoms. The molecule has 28 heavy (non-hydrogen) atoms. The summed E-state index contributed by atoms with van der Waals surface area (Å²) in [5.41, 5.74) is 2.58.